The molecule has 0 aliphatic carbocycles. The van der Waals surface area contributed by atoms with Crippen LogP contribution in [0.1, 0.15) is 54.4 Å². The fraction of sp³-hybridized carbons (Fsp3) is 0.286. The lowest BCUT2D eigenvalue weighted by Gasteiger charge is -2.41. The van der Waals surface area contributed by atoms with Gasteiger partial charge in [0.2, 0.25) is 5.91 Å². The molecule has 10 heteroatoms. The van der Waals surface area contributed by atoms with E-state index in [0.717, 1.165) is 38.1 Å². The van der Waals surface area contributed by atoms with Gasteiger partial charge in [-0.1, -0.05) is 79.3 Å². The first-order valence-corrected chi connectivity index (χ1v) is 15.8. The number of rotatable bonds is 12. The number of carboxylic acid groups (broad SMARTS) is 1. The first kappa shape index (κ1) is 32.2. The van der Waals surface area contributed by atoms with E-state index in [1.165, 1.54) is 18.0 Å². The van der Waals surface area contributed by atoms with Crippen LogP contribution in [0.5, 0.6) is 0 Å². The van der Waals surface area contributed by atoms with E-state index in [4.69, 9.17) is 14.6 Å². The minimum atomic E-state index is -1.00. The van der Waals surface area contributed by atoms with Crippen LogP contribution in [0.2, 0.25) is 0 Å². The van der Waals surface area contributed by atoms with Gasteiger partial charge >= 0.3 is 5.97 Å². The Morgan fingerprint density at radius 3 is 2.38 bits per heavy atom. The van der Waals surface area contributed by atoms with Crippen LogP contribution in [0.15, 0.2) is 102 Å². The van der Waals surface area contributed by atoms with E-state index in [-0.39, 0.29) is 43.5 Å². The van der Waals surface area contributed by atoms with Crippen molar-refractivity contribution in [2.45, 2.75) is 56.4 Å². The van der Waals surface area contributed by atoms with E-state index in [9.17, 15) is 19.9 Å². The van der Waals surface area contributed by atoms with E-state index >= 15 is 0 Å². The highest BCUT2D eigenvalue weighted by Gasteiger charge is 2.38. The average molecular weight is 629 g/mol. The van der Waals surface area contributed by atoms with Crippen molar-refractivity contribution < 1.29 is 34.0 Å². The van der Waals surface area contributed by atoms with Crippen LogP contribution < -0.4 is 10.0 Å². The lowest BCUT2D eigenvalue weighted by atomic mass is 9.91. The molecule has 0 radical (unpaired) electrons. The van der Waals surface area contributed by atoms with Gasteiger partial charge < -0.3 is 30.2 Å². The Bertz CT molecular complexity index is 1610. The predicted molar refractivity (Wildman–Crippen MR) is 170 cm³/mol. The molecule has 1 saturated heterocycles. The minimum Gasteiger partial charge on any atom is -0.618 e. The van der Waals surface area contributed by atoms with Crippen LogP contribution in [-0.2, 0) is 32.2 Å². The molecule has 1 aromatic heterocycles. The molecule has 3 aromatic carbocycles. The molecule has 0 saturated carbocycles. The van der Waals surface area contributed by atoms with Crippen LogP contribution in [0.3, 0.4) is 0 Å². The molecule has 0 unspecified atom stereocenters. The number of carbonyl (C=O) groups excluding carboxylic acids is 1. The third kappa shape index (κ3) is 8.49. The summed E-state index contributed by atoms with van der Waals surface area (Å²) in [4.78, 5) is 22.8. The Kier molecular flexibility index (Phi) is 10.9. The van der Waals surface area contributed by atoms with Crippen LogP contribution >= 0.6 is 11.8 Å². The standard InChI is InChI=1S/C35H36N2O7S/c1-23-30(22-45-32-10-2-3-17-37(32)42)43-35(44-34(23)26-13-11-24(21-38)12-14-26)29-9-5-8-28(19-29)27-7-4-6-25(18-27)20-36-31(39)15-16-33(40)41/h2-14,17-19,23,30,34-35,38H,15-16,20-22H2,1H3,(H,36,39)(H,40,41)/t23-,30+,34+,35+/m1/s1. The molecule has 2 heterocycles. The van der Waals surface area contributed by atoms with E-state index in [1.807, 2.05) is 78.9 Å². The van der Waals surface area contributed by atoms with Gasteiger partial charge in [-0.3, -0.25) is 9.59 Å². The molecule has 3 N–H and O–H groups in total. The number of benzene rings is 3. The number of hydrogen-bond acceptors (Lipinski definition) is 7. The second kappa shape index (κ2) is 15.2. The number of carboxylic acids is 1. The van der Waals surface area contributed by atoms with Crippen molar-refractivity contribution in [1.29, 1.82) is 0 Å². The van der Waals surface area contributed by atoms with Crippen LogP contribution in [0.4, 0.5) is 0 Å². The molecule has 1 amide bonds. The summed E-state index contributed by atoms with van der Waals surface area (Å²) in [5, 5.41) is 34.0. The zero-order chi connectivity index (χ0) is 31.8. The third-order valence-electron chi connectivity index (χ3n) is 7.78. The number of ether oxygens (including phenoxy) is 2. The van der Waals surface area contributed by atoms with Gasteiger partial charge in [0.1, 0.15) is 0 Å². The number of thioether (sulfide) groups is 1. The summed E-state index contributed by atoms with van der Waals surface area (Å²) in [6.45, 7) is 2.34. The molecule has 4 aromatic rings. The Balaban J connectivity index is 1.36. The molecule has 5 rings (SSSR count). The maximum atomic E-state index is 12.3. The number of carbonyl (C=O) groups is 2. The Labute approximate surface area is 266 Å². The number of aromatic nitrogens is 1. The number of aliphatic carboxylic acids is 1. The SMILES string of the molecule is C[C@@H]1[C@H](CSc2cccc[n+]2[O-])O[C@H](c2cccc(-c3cccc(CNC(=O)CCC(=O)O)c3)c2)O[C@@H]1c1ccc(CO)cc1. The number of nitrogens with zero attached hydrogens (tertiary/aromatic N) is 1. The van der Waals surface area contributed by atoms with Gasteiger partial charge in [-0.25, -0.2) is 0 Å². The number of nitrogens with one attached hydrogen (secondary N) is 1. The number of pyridine rings is 1. The van der Waals surface area contributed by atoms with Gasteiger partial charge in [0.25, 0.3) is 5.03 Å². The summed E-state index contributed by atoms with van der Waals surface area (Å²) in [7, 11) is 0. The molecule has 45 heavy (non-hydrogen) atoms. The molecule has 234 valence electrons. The zero-order valence-corrected chi connectivity index (χ0v) is 25.7. The summed E-state index contributed by atoms with van der Waals surface area (Å²) in [5.41, 5.74) is 5.43. The van der Waals surface area contributed by atoms with Crippen molar-refractivity contribution in [2.75, 3.05) is 5.75 Å². The van der Waals surface area contributed by atoms with Crippen molar-refractivity contribution in [2.24, 2.45) is 5.92 Å². The van der Waals surface area contributed by atoms with Crippen molar-refractivity contribution in [3.63, 3.8) is 0 Å². The molecule has 0 bridgehead atoms. The summed E-state index contributed by atoms with van der Waals surface area (Å²) < 4.78 is 14.1. The van der Waals surface area contributed by atoms with E-state index in [0.29, 0.717) is 17.3 Å². The van der Waals surface area contributed by atoms with Gasteiger partial charge in [-0.2, -0.15) is 4.73 Å². The first-order chi connectivity index (χ1) is 21.8. The van der Waals surface area contributed by atoms with Gasteiger partial charge in [0.15, 0.2) is 12.5 Å². The Hall–Kier alpha value is -4.22. The molecule has 1 fully saturated rings. The summed E-state index contributed by atoms with van der Waals surface area (Å²) in [6, 6.07) is 28.8. The largest absolute Gasteiger partial charge is 0.618 e. The lowest BCUT2D eigenvalue weighted by Crippen LogP contribution is -2.39. The van der Waals surface area contributed by atoms with Gasteiger partial charge in [0.05, 0.1) is 25.2 Å². The molecule has 1 aliphatic heterocycles. The number of amides is 1. The van der Waals surface area contributed by atoms with Gasteiger partial charge in [-0.05, 0) is 46.0 Å². The van der Waals surface area contributed by atoms with E-state index in [1.54, 1.807) is 12.1 Å². The minimum absolute atomic E-state index is 0.0249. The number of hydrogen-bond donors (Lipinski definition) is 3. The van der Waals surface area contributed by atoms with Gasteiger partial charge in [-0.15, -0.1) is 0 Å². The fourth-order valence-electron chi connectivity index (χ4n) is 5.24. The topological polar surface area (TPSA) is 132 Å². The molecule has 9 nitrogen and oxygen atoms in total. The molecule has 0 spiro atoms. The highest BCUT2D eigenvalue weighted by Crippen LogP contribution is 2.43. The number of aliphatic hydroxyl groups is 1. The second-order valence-electron chi connectivity index (χ2n) is 11.0. The first-order valence-electron chi connectivity index (χ1n) is 14.8. The molecular weight excluding hydrogens is 592 g/mol. The Morgan fingerprint density at radius 1 is 0.889 bits per heavy atom. The van der Waals surface area contributed by atoms with E-state index in [2.05, 4.69) is 12.2 Å². The van der Waals surface area contributed by atoms with Crippen LogP contribution in [0, 0.1) is 11.1 Å². The van der Waals surface area contributed by atoms with Gasteiger partial charge in [0, 0.05) is 42.3 Å². The average Bonchev–Trinajstić information content (AvgIpc) is 3.07. The summed E-state index contributed by atoms with van der Waals surface area (Å²) in [5.74, 6) is -0.784. The van der Waals surface area contributed by atoms with E-state index < -0.39 is 12.3 Å². The van der Waals surface area contributed by atoms with Crippen molar-refractivity contribution in [3.05, 3.63) is 125 Å². The second-order valence-corrected chi connectivity index (χ2v) is 12.0. The monoisotopic (exact) mass is 628 g/mol. The highest BCUT2D eigenvalue weighted by atomic mass is 32.2. The summed E-state index contributed by atoms with van der Waals surface area (Å²) >= 11 is 1.45. The molecule has 1 aliphatic rings. The smallest absolute Gasteiger partial charge is 0.303 e. The predicted octanol–water partition coefficient (Wildman–Crippen LogP) is 5.54. The van der Waals surface area contributed by atoms with Crippen LogP contribution in [-0.4, -0.2) is 33.9 Å². The quantitative estimate of drug-likeness (QED) is 0.106. The molecular formula is C35H36N2O7S. The third-order valence-corrected chi connectivity index (χ3v) is 8.89. The summed E-state index contributed by atoms with van der Waals surface area (Å²) in [6.07, 6.45) is 0.0370. The fourth-order valence-corrected chi connectivity index (χ4v) is 6.32. The lowest BCUT2D eigenvalue weighted by molar-refractivity contribution is -0.645. The highest BCUT2D eigenvalue weighted by molar-refractivity contribution is 7.99. The van der Waals surface area contributed by atoms with Crippen LogP contribution in [0.25, 0.3) is 11.1 Å². The maximum absolute atomic E-state index is 12.3. The van der Waals surface area contributed by atoms with Crippen molar-refractivity contribution in [1.82, 2.24) is 5.32 Å². The van der Waals surface area contributed by atoms with Crippen molar-refractivity contribution >= 4 is 23.6 Å². The maximum Gasteiger partial charge on any atom is 0.303 e. The number of aliphatic hydroxyl groups excluding tert-OH is 1. The normalized spacial score (nSPS) is 19.6. The Morgan fingerprint density at radius 2 is 1.64 bits per heavy atom. The molecule has 4 atom stereocenters. The van der Waals surface area contributed by atoms with Crippen molar-refractivity contribution in [3.8, 4) is 11.1 Å². The zero-order valence-electron chi connectivity index (χ0n) is 24.9.